The fourth-order valence-electron chi connectivity index (χ4n) is 2.51. The smallest absolute Gasteiger partial charge is 0.0755 e. The van der Waals surface area contributed by atoms with Crippen molar-refractivity contribution >= 4 is 18.7 Å². The Morgan fingerprint density at radius 1 is 1.26 bits per heavy atom. The summed E-state index contributed by atoms with van der Waals surface area (Å²) in [7, 11) is 9.76. The maximum Gasteiger partial charge on any atom is 0.0755 e. The molecule has 19 heavy (non-hydrogen) atoms. The van der Waals surface area contributed by atoms with E-state index >= 15 is 0 Å². The quantitative estimate of drug-likeness (QED) is 0.780. The standard InChI is InChI=1S/C16H21BN2/c1-10-11(2)13-7-6-8-14(15(9-17)19(4)5)16(13)18-12(10)3/h6-8,15H,9H2,1-5H3/i9D. The molecule has 2 nitrogen and oxygen atoms in total. The summed E-state index contributed by atoms with van der Waals surface area (Å²) in [5.74, 6) is 0. The van der Waals surface area contributed by atoms with Crippen molar-refractivity contribution in [1.82, 2.24) is 9.88 Å². The minimum absolute atomic E-state index is 0.160. The lowest BCUT2D eigenvalue weighted by molar-refractivity contribution is 0.323. The van der Waals surface area contributed by atoms with Crippen molar-refractivity contribution in [2.24, 2.45) is 0 Å². The van der Waals surface area contributed by atoms with Gasteiger partial charge in [0.05, 0.1) is 13.4 Å². The summed E-state index contributed by atoms with van der Waals surface area (Å²) in [6, 6.07) is 5.99. The van der Waals surface area contributed by atoms with Crippen LogP contribution in [0.25, 0.3) is 10.9 Å². The highest BCUT2D eigenvalue weighted by molar-refractivity contribution is 6.09. The Balaban J connectivity index is 2.78. The van der Waals surface area contributed by atoms with Gasteiger partial charge in [0, 0.05) is 18.5 Å². The van der Waals surface area contributed by atoms with Gasteiger partial charge < -0.3 is 4.90 Å². The molecule has 0 N–H and O–H groups in total. The molecule has 2 unspecified atom stereocenters. The van der Waals surface area contributed by atoms with Gasteiger partial charge in [-0.15, -0.1) is 0 Å². The average molecular weight is 253 g/mol. The van der Waals surface area contributed by atoms with Gasteiger partial charge in [-0.2, -0.15) is 0 Å². The summed E-state index contributed by atoms with van der Waals surface area (Å²) in [6.45, 7) is 6.26. The van der Waals surface area contributed by atoms with E-state index in [9.17, 15) is 0 Å². The van der Waals surface area contributed by atoms with E-state index in [4.69, 9.17) is 14.2 Å². The van der Waals surface area contributed by atoms with Crippen LogP contribution in [0.4, 0.5) is 0 Å². The zero-order valence-corrected chi connectivity index (χ0v) is 12.4. The Morgan fingerprint density at radius 3 is 2.53 bits per heavy atom. The van der Waals surface area contributed by atoms with E-state index in [1.54, 1.807) is 0 Å². The molecule has 2 atom stereocenters. The van der Waals surface area contributed by atoms with Gasteiger partial charge in [0.2, 0.25) is 0 Å². The summed E-state index contributed by atoms with van der Waals surface area (Å²) in [5.41, 5.74) is 5.52. The normalized spacial score (nSPS) is 15.6. The SMILES string of the molecule is [2H]C([B])C(c1cccc2c(C)c(C)c(C)nc12)N(C)C. The third kappa shape index (κ3) is 2.39. The van der Waals surface area contributed by atoms with Gasteiger partial charge >= 0.3 is 0 Å². The third-order valence-corrected chi connectivity index (χ3v) is 3.91. The number of benzene rings is 1. The highest BCUT2D eigenvalue weighted by Crippen LogP contribution is 2.31. The lowest BCUT2D eigenvalue weighted by atomic mass is 9.89. The van der Waals surface area contributed by atoms with Crippen molar-refractivity contribution in [1.29, 1.82) is 0 Å². The number of aromatic nitrogens is 1. The van der Waals surface area contributed by atoms with Gasteiger partial charge in [0.15, 0.2) is 0 Å². The lowest BCUT2D eigenvalue weighted by Gasteiger charge is -2.25. The van der Waals surface area contributed by atoms with Crippen LogP contribution in [0.1, 0.15) is 29.8 Å². The molecule has 1 heterocycles. The fourth-order valence-corrected chi connectivity index (χ4v) is 2.51. The molecule has 98 valence electrons. The molecule has 1 aromatic heterocycles. The molecule has 0 spiro atoms. The van der Waals surface area contributed by atoms with Crippen molar-refractivity contribution in [2.75, 3.05) is 14.1 Å². The predicted molar refractivity (Wildman–Crippen MR) is 82.9 cm³/mol. The highest BCUT2D eigenvalue weighted by atomic mass is 15.1. The van der Waals surface area contributed by atoms with E-state index in [1.165, 1.54) is 11.1 Å². The zero-order valence-electron chi connectivity index (χ0n) is 13.4. The van der Waals surface area contributed by atoms with Crippen molar-refractivity contribution in [3.8, 4) is 0 Å². The van der Waals surface area contributed by atoms with Crippen molar-refractivity contribution < 1.29 is 1.37 Å². The van der Waals surface area contributed by atoms with Crippen LogP contribution in [0.15, 0.2) is 18.2 Å². The second-order valence-electron chi connectivity index (χ2n) is 5.29. The first kappa shape index (κ1) is 12.7. The first-order valence-corrected chi connectivity index (χ1v) is 6.55. The van der Waals surface area contributed by atoms with E-state index in [1.807, 2.05) is 38.1 Å². The Labute approximate surface area is 118 Å². The number of para-hydroxylation sites is 1. The summed E-state index contributed by atoms with van der Waals surface area (Å²) >= 11 is 0. The van der Waals surface area contributed by atoms with E-state index < -0.39 is 6.30 Å². The van der Waals surface area contributed by atoms with Gasteiger partial charge in [-0.25, -0.2) is 0 Å². The molecule has 0 aliphatic carbocycles. The minimum Gasteiger partial charge on any atom is -0.303 e. The molecule has 2 rings (SSSR count). The molecule has 3 heteroatoms. The lowest BCUT2D eigenvalue weighted by Crippen LogP contribution is -2.20. The van der Waals surface area contributed by atoms with Crippen LogP contribution in [0.5, 0.6) is 0 Å². The van der Waals surface area contributed by atoms with Crippen LogP contribution in [0, 0.1) is 20.8 Å². The molecule has 0 amide bonds. The van der Waals surface area contributed by atoms with E-state index in [0.29, 0.717) is 0 Å². The van der Waals surface area contributed by atoms with E-state index in [0.717, 1.165) is 22.2 Å². The zero-order chi connectivity index (χ0) is 15.0. The second-order valence-corrected chi connectivity index (χ2v) is 5.29. The first-order chi connectivity index (χ1) is 9.34. The molecule has 2 aromatic rings. The largest absolute Gasteiger partial charge is 0.303 e. The Hall–Kier alpha value is -1.35. The molecule has 0 fully saturated rings. The van der Waals surface area contributed by atoms with Crippen LogP contribution in [0.3, 0.4) is 0 Å². The molecular formula is C16H21BN2. The van der Waals surface area contributed by atoms with Gasteiger partial charge in [-0.1, -0.05) is 24.5 Å². The Morgan fingerprint density at radius 2 is 1.95 bits per heavy atom. The molecule has 0 aliphatic rings. The number of pyridine rings is 1. The molecule has 0 bridgehead atoms. The van der Waals surface area contributed by atoms with Gasteiger partial charge in [0.1, 0.15) is 0 Å². The summed E-state index contributed by atoms with van der Waals surface area (Å²) in [4.78, 5) is 6.74. The van der Waals surface area contributed by atoms with E-state index in [-0.39, 0.29) is 6.04 Å². The van der Waals surface area contributed by atoms with Crippen LogP contribution in [-0.2, 0) is 0 Å². The average Bonchev–Trinajstić information content (AvgIpc) is 2.36. The number of hydrogen-bond donors (Lipinski definition) is 0. The Kier molecular flexibility index (Phi) is 3.56. The van der Waals surface area contributed by atoms with Gasteiger partial charge in [-0.3, -0.25) is 4.98 Å². The van der Waals surface area contributed by atoms with Crippen LogP contribution in [-0.4, -0.2) is 31.8 Å². The molecule has 1 aromatic carbocycles. The van der Waals surface area contributed by atoms with Crippen molar-refractivity contribution in [3.63, 3.8) is 0 Å². The topological polar surface area (TPSA) is 16.1 Å². The van der Waals surface area contributed by atoms with Crippen LogP contribution >= 0.6 is 0 Å². The van der Waals surface area contributed by atoms with Crippen molar-refractivity contribution in [3.05, 3.63) is 40.6 Å². The first-order valence-electron chi connectivity index (χ1n) is 7.13. The minimum atomic E-state index is -0.695. The predicted octanol–water partition coefficient (Wildman–Crippen LogP) is 3.35. The number of hydrogen-bond acceptors (Lipinski definition) is 2. The second kappa shape index (κ2) is 5.34. The maximum absolute atomic E-state index is 7.94. The molecule has 0 saturated heterocycles. The third-order valence-electron chi connectivity index (χ3n) is 3.91. The molecule has 0 aliphatic heterocycles. The number of fused-ring (bicyclic) bond motifs is 1. The summed E-state index contributed by atoms with van der Waals surface area (Å²) in [6.07, 6.45) is -0.695. The fraction of sp³-hybridized carbons (Fsp3) is 0.438. The number of aryl methyl sites for hydroxylation is 2. The summed E-state index contributed by atoms with van der Waals surface area (Å²) < 4.78 is 7.94. The highest BCUT2D eigenvalue weighted by Gasteiger charge is 2.17. The number of rotatable bonds is 3. The van der Waals surface area contributed by atoms with Crippen LogP contribution in [0.2, 0.25) is 6.30 Å². The molecular weight excluding hydrogens is 231 g/mol. The van der Waals surface area contributed by atoms with Gasteiger partial charge in [-0.05, 0) is 51.6 Å². The monoisotopic (exact) mass is 253 g/mol. The van der Waals surface area contributed by atoms with Gasteiger partial charge in [0.25, 0.3) is 0 Å². The number of nitrogens with zero attached hydrogens (tertiary/aromatic N) is 2. The van der Waals surface area contributed by atoms with Crippen LogP contribution < -0.4 is 0 Å². The Bertz CT molecular complexity index is 630. The molecule has 2 radical (unpaired) electrons. The van der Waals surface area contributed by atoms with Crippen molar-refractivity contribution in [2.45, 2.75) is 33.1 Å². The maximum atomic E-state index is 7.94. The van der Waals surface area contributed by atoms with E-state index in [2.05, 4.69) is 19.9 Å². The molecule has 0 saturated carbocycles. The summed E-state index contributed by atoms with van der Waals surface area (Å²) in [5, 5.41) is 1.15.